The zero-order chi connectivity index (χ0) is 19.4. The highest BCUT2D eigenvalue weighted by atomic mass is 32.2. The fourth-order valence-corrected chi connectivity index (χ4v) is 7.03. The van der Waals surface area contributed by atoms with E-state index in [0.29, 0.717) is 25.7 Å². The highest BCUT2D eigenvalue weighted by Gasteiger charge is 2.75. The number of carbonyl (C=O) groups is 1. The molecule has 1 spiro atoms. The largest absolute Gasteiger partial charge is 0.464 e. The number of esters is 1. The first-order chi connectivity index (χ1) is 12.8. The summed E-state index contributed by atoms with van der Waals surface area (Å²) < 4.78 is 39.1. The van der Waals surface area contributed by atoms with Crippen LogP contribution in [-0.4, -0.2) is 54.4 Å². The molecule has 0 bridgehead atoms. The Bertz CT molecular complexity index is 853. The standard InChI is InChI=1S/C19H25NO6S/c1-3-25-17(21)16-15-9-12-20(18(15)10-4-11-19(18,22)26-16)27(23,24)14-7-5-13(2)6-8-14/h5-8,15-16,22H,3-4,9-12H2,1-2H3/t15-,16?,18+,19-/m0/s1. The summed E-state index contributed by atoms with van der Waals surface area (Å²) in [7, 11) is -3.83. The molecule has 27 heavy (non-hydrogen) atoms. The summed E-state index contributed by atoms with van der Waals surface area (Å²) in [6.45, 7) is 4.07. The Morgan fingerprint density at radius 3 is 2.70 bits per heavy atom. The van der Waals surface area contributed by atoms with Crippen LogP contribution in [0.5, 0.6) is 0 Å². The SMILES string of the molecule is CCOC(=O)C1O[C@@]2(O)CCC[C@@]23[C@H]1CCN3S(=O)(=O)c1ccc(C)cc1. The van der Waals surface area contributed by atoms with Gasteiger partial charge in [0.05, 0.1) is 17.0 Å². The predicted molar refractivity (Wildman–Crippen MR) is 96.2 cm³/mol. The number of nitrogens with zero attached hydrogens (tertiary/aromatic N) is 1. The Balaban J connectivity index is 1.77. The molecular weight excluding hydrogens is 370 g/mol. The summed E-state index contributed by atoms with van der Waals surface area (Å²) in [5.41, 5.74) is -0.149. The monoisotopic (exact) mass is 395 g/mol. The van der Waals surface area contributed by atoms with Crippen molar-refractivity contribution in [1.82, 2.24) is 4.31 Å². The van der Waals surface area contributed by atoms with E-state index in [0.717, 1.165) is 5.56 Å². The van der Waals surface area contributed by atoms with Crippen molar-refractivity contribution in [3.63, 3.8) is 0 Å². The highest BCUT2D eigenvalue weighted by molar-refractivity contribution is 7.89. The molecule has 1 aliphatic carbocycles. The van der Waals surface area contributed by atoms with Gasteiger partial charge in [0.1, 0.15) is 0 Å². The molecule has 0 amide bonds. The summed E-state index contributed by atoms with van der Waals surface area (Å²) in [6, 6.07) is 6.68. The number of benzene rings is 1. The van der Waals surface area contributed by atoms with Crippen molar-refractivity contribution in [2.45, 2.75) is 61.9 Å². The van der Waals surface area contributed by atoms with E-state index in [1.807, 2.05) is 6.92 Å². The van der Waals surface area contributed by atoms with E-state index < -0.39 is 39.3 Å². The molecular formula is C19H25NO6S. The number of hydrogen-bond acceptors (Lipinski definition) is 6. The molecule has 1 aromatic rings. The molecule has 148 valence electrons. The molecule has 3 aliphatic rings. The van der Waals surface area contributed by atoms with E-state index >= 15 is 0 Å². The van der Waals surface area contributed by atoms with E-state index in [1.165, 1.54) is 4.31 Å². The average molecular weight is 395 g/mol. The van der Waals surface area contributed by atoms with Gasteiger partial charge in [-0.2, -0.15) is 4.31 Å². The van der Waals surface area contributed by atoms with Crippen molar-refractivity contribution >= 4 is 16.0 Å². The molecule has 1 N–H and O–H groups in total. The molecule has 0 radical (unpaired) electrons. The second kappa shape index (κ2) is 6.27. The number of rotatable bonds is 4. The smallest absolute Gasteiger partial charge is 0.335 e. The van der Waals surface area contributed by atoms with Gasteiger partial charge in [-0.25, -0.2) is 13.2 Å². The van der Waals surface area contributed by atoms with Crippen molar-refractivity contribution in [2.75, 3.05) is 13.2 Å². The molecule has 3 fully saturated rings. The van der Waals surface area contributed by atoms with Crippen molar-refractivity contribution in [3.8, 4) is 0 Å². The lowest BCUT2D eigenvalue weighted by Gasteiger charge is -2.41. The minimum absolute atomic E-state index is 0.192. The van der Waals surface area contributed by atoms with E-state index in [2.05, 4.69) is 0 Å². The summed E-state index contributed by atoms with van der Waals surface area (Å²) in [5.74, 6) is -2.60. The van der Waals surface area contributed by atoms with E-state index in [-0.39, 0.29) is 18.0 Å². The van der Waals surface area contributed by atoms with Crippen LogP contribution in [0.2, 0.25) is 0 Å². The molecule has 1 saturated carbocycles. The van der Waals surface area contributed by atoms with Crippen LogP contribution in [-0.2, 0) is 24.3 Å². The van der Waals surface area contributed by atoms with Crippen LogP contribution in [0, 0.1) is 12.8 Å². The van der Waals surface area contributed by atoms with Crippen molar-refractivity contribution in [3.05, 3.63) is 29.8 Å². The number of carbonyl (C=O) groups excluding carboxylic acids is 1. The fraction of sp³-hybridized carbons (Fsp3) is 0.632. The third-order valence-electron chi connectivity index (χ3n) is 6.27. The van der Waals surface area contributed by atoms with Crippen molar-refractivity contribution < 1.29 is 27.8 Å². The Morgan fingerprint density at radius 1 is 1.33 bits per heavy atom. The van der Waals surface area contributed by atoms with E-state index in [9.17, 15) is 18.3 Å². The van der Waals surface area contributed by atoms with Crippen LogP contribution < -0.4 is 0 Å². The molecule has 1 aromatic carbocycles. The van der Waals surface area contributed by atoms with Gasteiger partial charge < -0.3 is 14.6 Å². The van der Waals surface area contributed by atoms with Crippen molar-refractivity contribution in [1.29, 1.82) is 0 Å². The van der Waals surface area contributed by atoms with Crippen LogP contribution in [0.15, 0.2) is 29.2 Å². The molecule has 0 aromatic heterocycles. The second-order valence-electron chi connectivity index (χ2n) is 7.64. The zero-order valence-electron chi connectivity index (χ0n) is 15.6. The average Bonchev–Trinajstić information content (AvgIpc) is 3.22. The van der Waals surface area contributed by atoms with Crippen LogP contribution in [0.25, 0.3) is 0 Å². The summed E-state index contributed by atoms with van der Waals surface area (Å²) in [6.07, 6.45) is 0.932. The van der Waals surface area contributed by atoms with Crippen LogP contribution >= 0.6 is 0 Å². The molecule has 4 atom stereocenters. The quantitative estimate of drug-likeness (QED) is 0.778. The first-order valence-electron chi connectivity index (χ1n) is 9.42. The van der Waals surface area contributed by atoms with Gasteiger partial charge in [-0.3, -0.25) is 0 Å². The zero-order valence-corrected chi connectivity index (χ0v) is 16.4. The lowest BCUT2D eigenvalue weighted by atomic mass is 9.80. The predicted octanol–water partition coefficient (Wildman–Crippen LogP) is 1.58. The fourth-order valence-electron chi connectivity index (χ4n) is 5.15. The van der Waals surface area contributed by atoms with Gasteiger partial charge >= 0.3 is 5.97 Å². The third kappa shape index (κ3) is 2.50. The highest BCUT2D eigenvalue weighted by Crippen LogP contribution is 2.61. The Labute approximate surface area is 159 Å². The number of ether oxygens (including phenoxy) is 2. The van der Waals surface area contributed by atoms with Gasteiger partial charge in [-0.1, -0.05) is 17.7 Å². The molecule has 7 nitrogen and oxygen atoms in total. The molecule has 2 heterocycles. The van der Waals surface area contributed by atoms with Gasteiger partial charge in [-0.05, 0) is 45.2 Å². The van der Waals surface area contributed by atoms with Gasteiger partial charge in [0.15, 0.2) is 11.9 Å². The summed E-state index contributed by atoms with van der Waals surface area (Å²) >= 11 is 0. The Kier molecular flexibility index (Phi) is 4.38. The minimum Gasteiger partial charge on any atom is -0.464 e. The van der Waals surface area contributed by atoms with Gasteiger partial charge in [0.25, 0.3) is 0 Å². The van der Waals surface area contributed by atoms with Crippen LogP contribution in [0.3, 0.4) is 0 Å². The molecule has 4 rings (SSSR count). The number of aliphatic hydroxyl groups is 1. The maximum Gasteiger partial charge on any atom is 0.335 e. The maximum atomic E-state index is 13.4. The van der Waals surface area contributed by atoms with Crippen LogP contribution in [0.1, 0.15) is 38.2 Å². The lowest BCUT2D eigenvalue weighted by molar-refractivity contribution is -0.226. The topological polar surface area (TPSA) is 93.1 Å². The van der Waals surface area contributed by atoms with Crippen molar-refractivity contribution in [2.24, 2.45) is 5.92 Å². The summed E-state index contributed by atoms with van der Waals surface area (Å²) in [5, 5.41) is 11.3. The Morgan fingerprint density at radius 2 is 2.04 bits per heavy atom. The van der Waals surface area contributed by atoms with Gasteiger partial charge in [-0.15, -0.1) is 0 Å². The summed E-state index contributed by atoms with van der Waals surface area (Å²) in [4.78, 5) is 12.6. The maximum absolute atomic E-state index is 13.4. The first kappa shape index (κ1) is 18.9. The lowest BCUT2D eigenvalue weighted by Crippen LogP contribution is -2.59. The molecule has 8 heteroatoms. The number of sulfonamides is 1. The van der Waals surface area contributed by atoms with Gasteiger partial charge in [0, 0.05) is 18.9 Å². The third-order valence-corrected chi connectivity index (χ3v) is 8.22. The number of hydrogen-bond donors (Lipinski definition) is 1. The number of aryl methyl sites for hydroxylation is 1. The normalized spacial score (nSPS) is 35.8. The van der Waals surface area contributed by atoms with Crippen LogP contribution in [0.4, 0.5) is 0 Å². The molecule has 1 unspecified atom stereocenters. The van der Waals surface area contributed by atoms with E-state index in [4.69, 9.17) is 9.47 Å². The van der Waals surface area contributed by atoms with E-state index in [1.54, 1.807) is 31.2 Å². The second-order valence-corrected chi connectivity index (χ2v) is 9.50. The molecule has 2 aliphatic heterocycles. The Hall–Kier alpha value is -1.48. The minimum atomic E-state index is -3.83. The van der Waals surface area contributed by atoms with Gasteiger partial charge in [0.2, 0.25) is 10.0 Å². The molecule has 2 saturated heterocycles. The first-order valence-corrected chi connectivity index (χ1v) is 10.9.